The Morgan fingerprint density at radius 1 is 1.17 bits per heavy atom. The molecule has 5 heterocycles. The van der Waals surface area contributed by atoms with E-state index in [0.29, 0.717) is 28.2 Å². The first-order chi connectivity index (χ1) is 14.5. The highest BCUT2D eigenvalue weighted by molar-refractivity contribution is 7.15. The molecule has 0 spiro atoms. The van der Waals surface area contributed by atoms with E-state index in [9.17, 15) is 4.79 Å². The van der Waals surface area contributed by atoms with Gasteiger partial charge in [-0.1, -0.05) is 6.07 Å². The summed E-state index contributed by atoms with van der Waals surface area (Å²) in [6.07, 6.45) is 3.51. The Morgan fingerprint density at radius 2 is 2.03 bits per heavy atom. The zero-order valence-corrected chi connectivity index (χ0v) is 17.5. The largest absolute Gasteiger partial charge is 0.290 e. The van der Waals surface area contributed by atoms with E-state index in [2.05, 4.69) is 27.5 Å². The van der Waals surface area contributed by atoms with Crippen molar-refractivity contribution in [3.8, 4) is 10.6 Å². The van der Waals surface area contributed by atoms with Gasteiger partial charge < -0.3 is 0 Å². The summed E-state index contributed by atoms with van der Waals surface area (Å²) in [7, 11) is 0. The van der Waals surface area contributed by atoms with Crippen molar-refractivity contribution in [2.45, 2.75) is 26.8 Å². The van der Waals surface area contributed by atoms with Crippen LogP contribution in [-0.2, 0) is 0 Å². The lowest BCUT2D eigenvalue weighted by Gasteiger charge is -2.10. The van der Waals surface area contributed by atoms with Crippen LogP contribution in [0.4, 0.5) is 5.95 Å². The molecule has 1 amide bonds. The molecule has 5 rings (SSSR count). The van der Waals surface area contributed by atoms with Crippen molar-refractivity contribution in [3.05, 3.63) is 59.2 Å². The number of hydrogen-bond acceptors (Lipinski definition) is 6. The van der Waals surface area contributed by atoms with Gasteiger partial charge in [-0.05, 0) is 51.1 Å². The molecule has 5 aromatic heterocycles. The third-order valence-corrected chi connectivity index (χ3v) is 5.86. The second-order valence-corrected chi connectivity index (χ2v) is 8.58. The van der Waals surface area contributed by atoms with E-state index in [-0.39, 0.29) is 11.9 Å². The number of carbonyl (C=O) groups is 1. The van der Waals surface area contributed by atoms with Crippen LogP contribution in [0.2, 0.25) is 0 Å². The Kier molecular flexibility index (Phi) is 4.32. The Balaban J connectivity index is 1.64. The first kappa shape index (κ1) is 18.4. The molecule has 8 nitrogen and oxygen atoms in total. The number of amides is 1. The third kappa shape index (κ3) is 3.03. The maximum atomic E-state index is 13.3. The highest BCUT2D eigenvalue weighted by Gasteiger charge is 2.20. The minimum Gasteiger partial charge on any atom is -0.290 e. The second-order valence-electron chi connectivity index (χ2n) is 7.29. The molecular weight excluding hydrogens is 398 g/mol. The summed E-state index contributed by atoms with van der Waals surface area (Å²) in [6, 6.07) is 11.6. The van der Waals surface area contributed by atoms with Crippen LogP contribution in [0.15, 0.2) is 48.8 Å². The lowest BCUT2D eigenvalue weighted by molar-refractivity contribution is 0.102. The maximum absolute atomic E-state index is 13.3. The molecule has 0 atom stereocenters. The fraction of sp³-hybridized carbons (Fsp3) is 0.190. The Labute approximate surface area is 176 Å². The van der Waals surface area contributed by atoms with Crippen LogP contribution in [0, 0.1) is 6.92 Å². The predicted octanol–water partition coefficient (Wildman–Crippen LogP) is 4.34. The maximum Gasteiger partial charge on any atom is 0.258 e. The number of nitrogens with zero attached hydrogens (tertiary/aromatic N) is 6. The van der Waals surface area contributed by atoms with Gasteiger partial charge in [0.15, 0.2) is 11.3 Å². The van der Waals surface area contributed by atoms with Crippen molar-refractivity contribution in [3.63, 3.8) is 0 Å². The first-order valence-corrected chi connectivity index (χ1v) is 10.4. The fourth-order valence-corrected chi connectivity index (χ4v) is 4.21. The van der Waals surface area contributed by atoms with Crippen molar-refractivity contribution in [1.29, 1.82) is 0 Å². The summed E-state index contributed by atoms with van der Waals surface area (Å²) in [5.41, 5.74) is 2.60. The molecule has 150 valence electrons. The Hall–Kier alpha value is -3.59. The average molecular weight is 417 g/mol. The fourth-order valence-electron chi connectivity index (χ4n) is 3.38. The molecule has 0 saturated heterocycles. The van der Waals surface area contributed by atoms with Crippen molar-refractivity contribution >= 4 is 39.9 Å². The number of aromatic nitrogens is 6. The zero-order chi connectivity index (χ0) is 20.8. The zero-order valence-electron chi connectivity index (χ0n) is 16.7. The van der Waals surface area contributed by atoms with Gasteiger partial charge in [0, 0.05) is 17.1 Å². The first-order valence-electron chi connectivity index (χ1n) is 9.57. The van der Waals surface area contributed by atoms with Gasteiger partial charge in [0.1, 0.15) is 0 Å². The van der Waals surface area contributed by atoms with E-state index in [0.717, 1.165) is 10.6 Å². The van der Waals surface area contributed by atoms with Gasteiger partial charge in [0.2, 0.25) is 5.95 Å². The number of rotatable bonds is 4. The number of pyridine rings is 2. The molecule has 9 heteroatoms. The van der Waals surface area contributed by atoms with Crippen LogP contribution in [0.3, 0.4) is 0 Å². The van der Waals surface area contributed by atoms with E-state index in [1.54, 1.807) is 21.9 Å². The summed E-state index contributed by atoms with van der Waals surface area (Å²) in [6.45, 7) is 6.13. The highest BCUT2D eigenvalue weighted by atomic mass is 32.1. The van der Waals surface area contributed by atoms with E-state index < -0.39 is 0 Å². The van der Waals surface area contributed by atoms with E-state index >= 15 is 0 Å². The lowest BCUT2D eigenvalue weighted by Crippen LogP contribution is -2.15. The van der Waals surface area contributed by atoms with E-state index in [1.807, 2.05) is 61.1 Å². The van der Waals surface area contributed by atoms with Crippen LogP contribution in [0.25, 0.3) is 27.3 Å². The van der Waals surface area contributed by atoms with E-state index in [1.165, 1.54) is 4.88 Å². The number of anilines is 1. The van der Waals surface area contributed by atoms with E-state index in [4.69, 9.17) is 4.98 Å². The van der Waals surface area contributed by atoms with Crippen LogP contribution >= 0.6 is 11.3 Å². The van der Waals surface area contributed by atoms with Crippen LogP contribution in [-0.4, -0.2) is 35.3 Å². The van der Waals surface area contributed by atoms with Gasteiger partial charge in [0.05, 0.1) is 27.7 Å². The van der Waals surface area contributed by atoms with Gasteiger partial charge in [-0.15, -0.1) is 21.5 Å². The minimum atomic E-state index is -0.279. The Morgan fingerprint density at radius 3 is 2.80 bits per heavy atom. The van der Waals surface area contributed by atoms with Crippen molar-refractivity contribution in [2.75, 3.05) is 5.32 Å². The molecule has 0 aliphatic heterocycles. The highest BCUT2D eigenvalue weighted by Crippen LogP contribution is 2.31. The summed E-state index contributed by atoms with van der Waals surface area (Å²) < 4.78 is 3.57. The number of aryl methyl sites for hydroxylation is 1. The number of nitrogens with one attached hydrogen (secondary N) is 1. The average Bonchev–Trinajstić information content (AvgIpc) is 3.45. The molecule has 0 unspecified atom stereocenters. The standard InChI is InChI=1S/C21H19N7OS/c1-12(2)28-19-15(11-22-28)14(10-16(23-19)17-8-7-13(3)30-17)20(29)24-21-26-25-18-6-4-5-9-27(18)21/h4-12H,1-3H3,(H,24,26,29). The molecule has 30 heavy (non-hydrogen) atoms. The van der Waals surface area contributed by atoms with Gasteiger partial charge in [-0.3, -0.25) is 14.5 Å². The molecule has 0 fully saturated rings. The molecule has 0 radical (unpaired) electrons. The molecule has 0 bridgehead atoms. The summed E-state index contributed by atoms with van der Waals surface area (Å²) in [5, 5.41) is 16.3. The topological polar surface area (TPSA) is 90.0 Å². The molecular formula is C21H19N7OS. The molecule has 0 aliphatic rings. The Bertz CT molecular complexity index is 1400. The van der Waals surface area contributed by atoms with Crippen LogP contribution < -0.4 is 5.32 Å². The predicted molar refractivity (Wildman–Crippen MR) is 117 cm³/mol. The molecule has 0 aromatic carbocycles. The summed E-state index contributed by atoms with van der Waals surface area (Å²) >= 11 is 1.64. The molecule has 0 saturated carbocycles. The molecule has 1 N–H and O–H groups in total. The summed E-state index contributed by atoms with van der Waals surface area (Å²) in [4.78, 5) is 20.3. The number of hydrogen-bond donors (Lipinski definition) is 1. The monoisotopic (exact) mass is 417 g/mol. The van der Waals surface area contributed by atoms with Crippen molar-refractivity contribution in [1.82, 2.24) is 29.4 Å². The minimum absolute atomic E-state index is 0.117. The van der Waals surface area contributed by atoms with Gasteiger partial charge in [-0.25, -0.2) is 9.67 Å². The van der Waals surface area contributed by atoms with Crippen LogP contribution in [0.1, 0.15) is 35.1 Å². The number of fused-ring (bicyclic) bond motifs is 2. The quantitative estimate of drug-likeness (QED) is 0.470. The molecule has 0 aliphatic carbocycles. The van der Waals surface area contributed by atoms with Crippen molar-refractivity contribution < 1.29 is 4.79 Å². The van der Waals surface area contributed by atoms with Gasteiger partial charge >= 0.3 is 0 Å². The third-order valence-electron chi connectivity index (χ3n) is 4.83. The van der Waals surface area contributed by atoms with Gasteiger partial charge in [0.25, 0.3) is 5.91 Å². The molecule has 5 aromatic rings. The number of carbonyl (C=O) groups excluding carboxylic acids is 1. The smallest absolute Gasteiger partial charge is 0.258 e. The number of thiophene rings is 1. The lowest BCUT2D eigenvalue weighted by atomic mass is 10.1. The summed E-state index contributed by atoms with van der Waals surface area (Å²) in [5.74, 6) is 0.0868. The van der Waals surface area contributed by atoms with Gasteiger partial charge in [-0.2, -0.15) is 5.10 Å². The van der Waals surface area contributed by atoms with Crippen LogP contribution in [0.5, 0.6) is 0 Å². The second kappa shape index (κ2) is 7.03. The van der Waals surface area contributed by atoms with Crippen molar-refractivity contribution in [2.24, 2.45) is 0 Å². The normalized spacial score (nSPS) is 11.6. The SMILES string of the molecule is Cc1ccc(-c2cc(C(=O)Nc3nnc4ccccn34)c3cnn(C(C)C)c3n2)s1.